The maximum absolute atomic E-state index is 5.43. The predicted molar refractivity (Wildman–Crippen MR) is 88.8 cm³/mol. The van der Waals surface area contributed by atoms with Crippen LogP contribution in [0.4, 0.5) is 0 Å². The fourth-order valence-corrected chi connectivity index (χ4v) is 2.47. The molecule has 0 radical (unpaired) electrons. The Morgan fingerprint density at radius 3 is 2.43 bits per heavy atom. The molecular weight excluding hydrogens is 258 g/mol. The zero-order valence-electron chi connectivity index (χ0n) is 13.4. The maximum atomic E-state index is 5.43. The van der Waals surface area contributed by atoms with Crippen LogP contribution in [0.1, 0.15) is 42.1 Å². The standard InChI is InChI=1S/C19H25NO/c1-5-16-7-9-17(10-8-16)15(3)20-13-18-12-14(2)6-11-19(18)21-4/h6-12,15,20H,5,13H2,1-4H3. The summed E-state index contributed by atoms with van der Waals surface area (Å²) in [4.78, 5) is 0. The lowest BCUT2D eigenvalue weighted by molar-refractivity contribution is 0.406. The summed E-state index contributed by atoms with van der Waals surface area (Å²) >= 11 is 0. The first kappa shape index (κ1) is 15.6. The zero-order chi connectivity index (χ0) is 15.2. The molecule has 0 aromatic heterocycles. The molecule has 0 amide bonds. The SMILES string of the molecule is CCc1ccc(C(C)NCc2cc(C)ccc2OC)cc1. The molecule has 1 N–H and O–H groups in total. The van der Waals surface area contributed by atoms with Crippen molar-refractivity contribution in [3.8, 4) is 5.75 Å². The quantitative estimate of drug-likeness (QED) is 0.847. The van der Waals surface area contributed by atoms with Gasteiger partial charge in [-0.15, -0.1) is 0 Å². The van der Waals surface area contributed by atoms with E-state index in [9.17, 15) is 0 Å². The molecule has 21 heavy (non-hydrogen) atoms. The van der Waals surface area contributed by atoms with Crippen LogP contribution < -0.4 is 10.1 Å². The number of hydrogen-bond acceptors (Lipinski definition) is 2. The van der Waals surface area contributed by atoms with E-state index in [2.05, 4.69) is 62.5 Å². The minimum absolute atomic E-state index is 0.320. The summed E-state index contributed by atoms with van der Waals surface area (Å²) < 4.78 is 5.43. The third-order valence-corrected chi connectivity index (χ3v) is 3.92. The van der Waals surface area contributed by atoms with Gasteiger partial charge in [0, 0.05) is 18.2 Å². The summed E-state index contributed by atoms with van der Waals surface area (Å²) in [5, 5.41) is 3.57. The topological polar surface area (TPSA) is 21.3 Å². The van der Waals surface area contributed by atoms with Crippen molar-refractivity contribution >= 4 is 0 Å². The molecule has 0 heterocycles. The maximum Gasteiger partial charge on any atom is 0.123 e. The number of methoxy groups -OCH3 is 1. The Balaban J connectivity index is 2.03. The summed E-state index contributed by atoms with van der Waals surface area (Å²) in [7, 11) is 1.72. The van der Waals surface area contributed by atoms with E-state index in [0.717, 1.165) is 18.7 Å². The molecule has 2 aromatic rings. The van der Waals surface area contributed by atoms with Gasteiger partial charge in [0.2, 0.25) is 0 Å². The summed E-state index contributed by atoms with van der Waals surface area (Å²) in [6.45, 7) is 7.29. The van der Waals surface area contributed by atoms with Crippen LogP contribution in [0.2, 0.25) is 0 Å². The van der Waals surface area contributed by atoms with Crippen molar-refractivity contribution < 1.29 is 4.74 Å². The molecule has 1 atom stereocenters. The van der Waals surface area contributed by atoms with E-state index in [1.54, 1.807) is 7.11 Å². The molecular formula is C19H25NO. The number of benzene rings is 2. The Bertz CT molecular complexity index is 575. The highest BCUT2D eigenvalue weighted by molar-refractivity contribution is 5.37. The normalized spacial score (nSPS) is 12.2. The van der Waals surface area contributed by atoms with E-state index in [1.807, 2.05) is 6.07 Å². The van der Waals surface area contributed by atoms with Crippen molar-refractivity contribution in [2.75, 3.05) is 7.11 Å². The largest absolute Gasteiger partial charge is 0.496 e. The second-order valence-corrected chi connectivity index (χ2v) is 5.51. The van der Waals surface area contributed by atoms with Gasteiger partial charge >= 0.3 is 0 Å². The van der Waals surface area contributed by atoms with Crippen molar-refractivity contribution in [3.05, 3.63) is 64.7 Å². The van der Waals surface area contributed by atoms with E-state index in [4.69, 9.17) is 4.74 Å². The van der Waals surface area contributed by atoms with E-state index in [-0.39, 0.29) is 0 Å². The molecule has 0 spiro atoms. The molecule has 1 unspecified atom stereocenters. The van der Waals surface area contributed by atoms with Crippen LogP contribution in [0.25, 0.3) is 0 Å². The van der Waals surface area contributed by atoms with Gasteiger partial charge in [0.05, 0.1) is 7.11 Å². The Labute approximate surface area is 128 Å². The van der Waals surface area contributed by atoms with Crippen LogP contribution in [0.3, 0.4) is 0 Å². The Morgan fingerprint density at radius 2 is 1.81 bits per heavy atom. The van der Waals surface area contributed by atoms with Gasteiger partial charge in [0.15, 0.2) is 0 Å². The molecule has 2 rings (SSSR count). The number of ether oxygens (including phenoxy) is 1. The van der Waals surface area contributed by atoms with E-state index >= 15 is 0 Å². The number of hydrogen-bond donors (Lipinski definition) is 1. The van der Waals surface area contributed by atoms with Gasteiger partial charge in [0.25, 0.3) is 0 Å². The second kappa shape index (κ2) is 7.28. The lowest BCUT2D eigenvalue weighted by Crippen LogP contribution is -2.18. The van der Waals surface area contributed by atoms with Crippen LogP contribution >= 0.6 is 0 Å². The third kappa shape index (κ3) is 4.08. The molecule has 0 fully saturated rings. The first-order valence-corrected chi connectivity index (χ1v) is 7.59. The van der Waals surface area contributed by atoms with Crippen LogP contribution in [0.15, 0.2) is 42.5 Å². The lowest BCUT2D eigenvalue weighted by Gasteiger charge is -2.16. The molecule has 0 saturated carbocycles. The van der Waals surface area contributed by atoms with Crippen LogP contribution in [-0.4, -0.2) is 7.11 Å². The molecule has 2 aromatic carbocycles. The van der Waals surface area contributed by atoms with Crippen molar-refractivity contribution in [2.45, 2.75) is 39.8 Å². The summed E-state index contributed by atoms with van der Waals surface area (Å²) in [5.74, 6) is 0.946. The Hall–Kier alpha value is -1.80. The summed E-state index contributed by atoms with van der Waals surface area (Å²) in [6.07, 6.45) is 1.09. The Kier molecular flexibility index (Phi) is 5.40. The summed E-state index contributed by atoms with van der Waals surface area (Å²) in [5.41, 5.74) is 5.16. The van der Waals surface area contributed by atoms with Crippen LogP contribution in [-0.2, 0) is 13.0 Å². The van der Waals surface area contributed by atoms with Gasteiger partial charge in [-0.3, -0.25) is 0 Å². The first-order chi connectivity index (χ1) is 10.1. The van der Waals surface area contributed by atoms with Gasteiger partial charge in [0.1, 0.15) is 5.75 Å². The average Bonchev–Trinajstić information content (AvgIpc) is 2.52. The van der Waals surface area contributed by atoms with Gasteiger partial charge in [-0.05, 0) is 37.5 Å². The number of nitrogens with one attached hydrogen (secondary N) is 1. The van der Waals surface area contributed by atoms with Gasteiger partial charge in [-0.2, -0.15) is 0 Å². The van der Waals surface area contributed by atoms with Crippen molar-refractivity contribution in [2.24, 2.45) is 0 Å². The lowest BCUT2D eigenvalue weighted by atomic mass is 10.0. The molecule has 0 aliphatic heterocycles. The molecule has 0 saturated heterocycles. The monoisotopic (exact) mass is 283 g/mol. The molecule has 112 valence electrons. The van der Waals surface area contributed by atoms with E-state index in [0.29, 0.717) is 6.04 Å². The summed E-state index contributed by atoms with van der Waals surface area (Å²) in [6, 6.07) is 15.5. The minimum atomic E-state index is 0.320. The highest BCUT2D eigenvalue weighted by Crippen LogP contribution is 2.21. The predicted octanol–water partition coefficient (Wildman–Crippen LogP) is 4.42. The molecule has 0 aliphatic carbocycles. The van der Waals surface area contributed by atoms with Crippen LogP contribution in [0, 0.1) is 6.92 Å². The number of aryl methyl sites for hydroxylation is 2. The molecule has 0 aliphatic rings. The fourth-order valence-electron chi connectivity index (χ4n) is 2.47. The molecule has 2 nitrogen and oxygen atoms in total. The fraction of sp³-hybridized carbons (Fsp3) is 0.368. The van der Waals surface area contributed by atoms with Crippen molar-refractivity contribution in [3.63, 3.8) is 0 Å². The highest BCUT2D eigenvalue weighted by Gasteiger charge is 2.08. The molecule has 0 bridgehead atoms. The van der Waals surface area contributed by atoms with E-state index in [1.165, 1.54) is 22.3 Å². The van der Waals surface area contributed by atoms with Gasteiger partial charge in [-0.1, -0.05) is 48.9 Å². The van der Waals surface area contributed by atoms with Crippen molar-refractivity contribution in [1.29, 1.82) is 0 Å². The Morgan fingerprint density at radius 1 is 1.10 bits per heavy atom. The first-order valence-electron chi connectivity index (χ1n) is 7.59. The van der Waals surface area contributed by atoms with Gasteiger partial charge < -0.3 is 10.1 Å². The molecule has 2 heteroatoms. The smallest absolute Gasteiger partial charge is 0.123 e. The van der Waals surface area contributed by atoms with Crippen LogP contribution in [0.5, 0.6) is 5.75 Å². The third-order valence-electron chi connectivity index (χ3n) is 3.92. The minimum Gasteiger partial charge on any atom is -0.496 e. The zero-order valence-corrected chi connectivity index (χ0v) is 13.4. The van der Waals surface area contributed by atoms with Gasteiger partial charge in [-0.25, -0.2) is 0 Å². The highest BCUT2D eigenvalue weighted by atomic mass is 16.5. The number of rotatable bonds is 6. The van der Waals surface area contributed by atoms with E-state index < -0.39 is 0 Å². The second-order valence-electron chi connectivity index (χ2n) is 5.51. The average molecular weight is 283 g/mol. The van der Waals surface area contributed by atoms with Crippen molar-refractivity contribution in [1.82, 2.24) is 5.32 Å².